The number of methoxy groups -OCH3 is 1. The number of nitriles is 1. The molecule has 0 aromatic heterocycles. The van der Waals surface area contributed by atoms with Crippen molar-refractivity contribution in [3.05, 3.63) is 33.9 Å². The van der Waals surface area contributed by atoms with Crippen molar-refractivity contribution >= 4 is 11.7 Å². The zero-order valence-corrected chi connectivity index (χ0v) is 9.75. The first-order chi connectivity index (χ1) is 8.49. The molecule has 0 aliphatic heterocycles. The highest BCUT2D eigenvalue weighted by molar-refractivity contribution is 5.74. The van der Waals surface area contributed by atoms with E-state index in [9.17, 15) is 14.9 Å². The molecule has 0 amide bonds. The highest BCUT2D eigenvalue weighted by Gasteiger charge is 2.21. The summed E-state index contributed by atoms with van der Waals surface area (Å²) < 4.78 is 9.58. The van der Waals surface area contributed by atoms with Gasteiger partial charge in [-0.05, 0) is 19.1 Å². The van der Waals surface area contributed by atoms with Crippen molar-refractivity contribution in [3.8, 4) is 11.8 Å². The summed E-state index contributed by atoms with van der Waals surface area (Å²) in [7, 11) is 1.19. The maximum Gasteiger partial charge on any atom is 0.346 e. The molecule has 0 aliphatic carbocycles. The minimum Gasteiger partial charge on any atom is -0.472 e. The van der Waals surface area contributed by atoms with Crippen LogP contribution in [0.15, 0.2) is 18.2 Å². The van der Waals surface area contributed by atoms with Crippen molar-refractivity contribution in [2.75, 3.05) is 7.11 Å². The Bertz CT molecular complexity index is 521. The average Bonchev–Trinajstić information content (AvgIpc) is 2.37. The minimum atomic E-state index is -0.971. The number of nitro groups is 1. The summed E-state index contributed by atoms with van der Waals surface area (Å²) in [6.07, 6.45) is -0.971. The number of benzene rings is 1. The van der Waals surface area contributed by atoms with Crippen LogP contribution in [-0.4, -0.2) is 24.1 Å². The molecule has 1 rings (SSSR count). The van der Waals surface area contributed by atoms with Crippen molar-refractivity contribution in [2.24, 2.45) is 0 Å². The van der Waals surface area contributed by atoms with Crippen molar-refractivity contribution in [3.63, 3.8) is 0 Å². The fourth-order valence-corrected chi connectivity index (χ4v) is 1.23. The quantitative estimate of drug-likeness (QED) is 0.454. The van der Waals surface area contributed by atoms with Crippen LogP contribution in [0.25, 0.3) is 0 Å². The Hall–Kier alpha value is -2.62. The van der Waals surface area contributed by atoms with E-state index < -0.39 is 17.0 Å². The molecule has 0 aliphatic rings. The Kier molecular flexibility index (Phi) is 4.21. The van der Waals surface area contributed by atoms with Gasteiger partial charge in [-0.25, -0.2) is 4.79 Å². The molecule has 7 heteroatoms. The maximum absolute atomic E-state index is 11.2. The van der Waals surface area contributed by atoms with Gasteiger partial charge >= 0.3 is 11.7 Å². The van der Waals surface area contributed by atoms with E-state index in [4.69, 9.17) is 10.00 Å². The van der Waals surface area contributed by atoms with Gasteiger partial charge in [0, 0.05) is 6.07 Å². The molecule has 18 heavy (non-hydrogen) atoms. The standard InChI is InChI=1S/C11H10N2O5/c1-7(11(14)17-2)18-10-4-3-8(6-12)5-9(10)13(15)16/h3-5,7H,1-2H3/t7-/m0/s1. The van der Waals surface area contributed by atoms with Crippen molar-refractivity contribution in [2.45, 2.75) is 13.0 Å². The Morgan fingerprint density at radius 2 is 2.22 bits per heavy atom. The van der Waals surface area contributed by atoms with Gasteiger partial charge in [0.1, 0.15) is 0 Å². The lowest BCUT2D eigenvalue weighted by Crippen LogP contribution is -2.25. The lowest BCUT2D eigenvalue weighted by Gasteiger charge is -2.12. The average molecular weight is 250 g/mol. The van der Waals surface area contributed by atoms with Crippen LogP contribution in [0, 0.1) is 21.4 Å². The number of nitrogens with zero attached hydrogens (tertiary/aromatic N) is 2. The SMILES string of the molecule is COC(=O)[C@H](C)Oc1ccc(C#N)cc1[N+](=O)[O-]. The minimum absolute atomic E-state index is 0.0862. The number of ether oxygens (including phenoxy) is 2. The predicted octanol–water partition coefficient (Wildman–Crippen LogP) is 1.41. The zero-order valence-electron chi connectivity index (χ0n) is 9.75. The van der Waals surface area contributed by atoms with Gasteiger partial charge in [0.15, 0.2) is 11.9 Å². The summed E-state index contributed by atoms with van der Waals surface area (Å²) in [5.74, 6) is -0.731. The van der Waals surface area contributed by atoms with Gasteiger partial charge in [0.05, 0.1) is 23.7 Å². The normalized spacial score (nSPS) is 11.2. The number of hydrogen-bond donors (Lipinski definition) is 0. The van der Waals surface area contributed by atoms with E-state index in [1.807, 2.05) is 0 Å². The number of hydrogen-bond acceptors (Lipinski definition) is 6. The maximum atomic E-state index is 11.2. The molecule has 0 bridgehead atoms. The summed E-state index contributed by atoms with van der Waals surface area (Å²) in [5, 5.41) is 19.5. The summed E-state index contributed by atoms with van der Waals surface area (Å²) in [6.45, 7) is 1.41. The molecule has 7 nitrogen and oxygen atoms in total. The number of carbonyl (C=O) groups excluding carboxylic acids is 1. The lowest BCUT2D eigenvalue weighted by atomic mass is 10.2. The third-order valence-electron chi connectivity index (χ3n) is 2.12. The molecule has 1 aromatic rings. The van der Waals surface area contributed by atoms with Crippen LogP contribution in [0.2, 0.25) is 0 Å². The van der Waals surface area contributed by atoms with E-state index in [1.54, 1.807) is 6.07 Å². The third kappa shape index (κ3) is 2.95. The van der Waals surface area contributed by atoms with Crippen LogP contribution in [0.3, 0.4) is 0 Å². The Balaban J connectivity index is 3.06. The molecule has 0 fully saturated rings. The summed E-state index contributed by atoms with van der Waals surface area (Å²) in [6, 6.07) is 5.51. The molecule has 0 spiro atoms. The topological polar surface area (TPSA) is 102 Å². The van der Waals surface area contributed by atoms with Gasteiger partial charge in [0.2, 0.25) is 0 Å². The molecule has 0 saturated carbocycles. The largest absolute Gasteiger partial charge is 0.472 e. The van der Waals surface area contributed by atoms with Gasteiger partial charge in [-0.1, -0.05) is 0 Å². The molecule has 0 heterocycles. The molecule has 0 saturated heterocycles. The molecule has 0 unspecified atom stereocenters. The summed E-state index contributed by atoms with van der Waals surface area (Å²) in [5.41, 5.74) is -0.232. The van der Waals surface area contributed by atoms with Gasteiger partial charge in [0.25, 0.3) is 0 Å². The smallest absolute Gasteiger partial charge is 0.346 e. The molecule has 1 atom stereocenters. The van der Waals surface area contributed by atoms with Crippen LogP contribution in [-0.2, 0) is 9.53 Å². The van der Waals surface area contributed by atoms with E-state index in [2.05, 4.69) is 4.74 Å². The zero-order chi connectivity index (χ0) is 13.7. The fraction of sp³-hybridized carbons (Fsp3) is 0.273. The van der Waals surface area contributed by atoms with E-state index in [0.717, 1.165) is 6.07 Å². The van der Waals surface area contributed by atoms with Gasteiger partial charge in [-0.15, -0.1) is 0 Å². The third-order valence-corrected chi connectivity index (χ3v) is 2.12. The van der Waals surface area contributed by atoms with Crippen LogP contribution in [0.4, 0.5) is 5.69 Å². The van der Waals surface area contributed by atoms with E-state index >= 15 is 0 Å². The summed E-state index contributed by atoms with van der Waals surface area (Å²) in [4.78, 5) is 21.3. The first-order valence-corrected chi connectivity index (χ1v) is 4.92. The molecule has 0 radical (unpaired) electrons. The van der Waals surface area contributed by atoms with Gasteiger partial charge in [-0.2, -0.15) is 5.26 Å². The van der Waals surface area contributed by atoms with Crippen LogP contribution < -0.4 is 4.74 Å². The highest BCUT2D eigenvalue weighted by Crippen LogP contribution is 2.28. The Labute approximate surface area is 103 Å². The van der Waals surface area contributed by atoms with Crippen LogP contribution >= 0.6 is 0 Å². The second kappa shape index (κ2) is 5.63. The number of carbonyl (C=O) groups is 1. The Morgan fingerprint density at radius 1 is 1.56 bits per heavy atom. The monoisotopic (exact) mass is 250 g/mol. The van der Waals surface area contributed by atoms with Crippen molar-refractivity contribution in [1.29, 1.82) is 5.26 Å². The van der Waals surface area contributed by atoms with Gasteiger partial charge in [-0.3, -0.25) is 10.1 Å². The lowest BCUT2D eigenvalue weighted by molar-refractivity contribution is -0.386. The van der Waals surface area contributed by atoms with Gasteiger partial charge < -0.3 is 9.47 Å². The van der Waals surface area contributed by atoms with Crippen molar-refractivity contribution in [1.82, 2.24) is 0 Å². The first kappa shape index (κ1) is 13.4. The highest BCUT2D eigenvalue weighted by atomic mass is 16.6. The molecule has 1 aromatic carbocycles. The Morgan fingerprint density at radius 3 is 2.72 bits per heavy atom. The fourth-order valence-electron chi connectivity index (χ4n) is 1.23. The number of rotatable bonds is 4. The number of esters is 1. The van der Waals surface area contributed by atoms with Crippen molar-refractivity contribution < 1.29 is 19.2 Å². The second-order valence-electron chi connectivity index (χ2n) is 3.33. The van der Waals surface area contributed by atoms with E-state index in [0.29, 0.717) is 0 Å². The van der Waals surface area contributed by atoms with Crippen LogP contribution in [0.5, 0.6) is 5.75 Å². The first-order valence-electron chi connectivity index (χ1n) is 4.92. The molecule has 0 N–H and O–H groups in total. The molecule has 94 valence electrons. The molecular weight excluding hydrogens is 240 g/mol. The summed E-state index contributed by atoms with van der Waals surface area (Å²) >= 11 is 0. The van der Waals surface area contributed by atoms with E-state index in [-0.39, 0.29) is 17.0 Å². The van der Waals surface area contributed by atoms with E-state index in [1.165, 1.54) is 26.2 Å². The second-order valence-corrected chi connectivity index (χ2v) is 3.33. The van der Waals surface area contributed by atoms with Crippen LogP contribution in [0.1, 0.15) is 12.5 Å². The number of nitro benzene ring substituents is 1. The molecular formula is C11H10N2O5. The predicted molar refractivity (Wildman–Crippen MR) is 59.9 cm³/mol.